The minimum atomic E-state index is -0.618. The highest BCUT2D eigenvalue weighted by atomic mass is 32.1. The lowest BCUT2D eigenvalue weighted by molar-refractivity contribution is 0.178. The molecule has 2 aromatic rings. The Hall–Kier alpha value is -1.86. The molecule has 108 valence electrons. The molecule has 0 aliphatic carbocycles. The van der Waals surface area contributed by atoms with Gasteiger partial charge in [0.2, 0.25) is 5.89 Å². The predicted molar refractivity (Wildman–Crippen MR) is 77.5 cm³/mol. The highest BCUT2D eigenvalue weighted by Crippen LogP contribution is 2.17. The van der Waals surface area contributed by atoms with Crippen molar-refractivity contribution < 1.29 is 14.3 Å². The summed E-state index contributed by atoms with van der Waals surface area (Å²) in [4.78, 5) is 0.213. The van der Waals surface area contributed by atoms with Gasteiger partial charge < -0.3 is 19.6 Å². The fourth-order valence-electron chi connectivity index (χ4n) is 1.72. The van der Waals surface area contributed by atoms with Gasteiger partial charge in [0.15, 0.2) is 0 Å². The van der Waals surface area contributed by atoms with E-state index in [4.69, 9.17) is 21.4 Å². The molecule has 1 heterocycles. The van der Waals surface area contributed by atoms with Gasteiger partial charge in [-0.25, -0.2) is 5.10 Å². The smallest absolute Gasteiger partial charge is 0.284 e. The van der Waals surface area contributed by atoms with Crippen molar-refractivity contribution in [3.8, 4) is 5.75 Å². The van der Waals surface area contributed by atoms with E-state index in [1.807, 2.05) is 31.2 Å². The Morgan fingerprint density at radius 1 is 1.55 bits per heavy atom. The van der Waals surface area contributed by atoms with Crippen molar-refractivity contribution in [1.29, 1.82) is 0 Å². The van der Waals surface area contributed by atoms with E-state index < -0.39 is 6.10 Å². The van der Waals surface area contributed by atoms with E-state index in [1.54, 1.807) is 0 Å². The van der Waals surface area contributed by atoms with Crippen LogP contribution < -0.4 is 10.1 Å². The standard InChI is InChI=1S/C13H17N3O3S/c1-2-18-11-5-3-4-9(6-11)14-8-10(17)7-12-15-16-13(20)19-12/h3-6,10,14,17H,2,7-8H2,1H3,(H,16,20). The Labute approximate surface area is 121 Å². The highest BCUT2D eigenvalue weighted by molar-refractivity contribution is 7.71. The van der Waals surface area contributed by atoms with Crippen LogP contribution in [0.3, 0.4) is 0 Å². The molecule has 0 aliphatic heterocycles. The Balaban J connectivity index is 1.84. The summed E-state index contributed by atoms with van der Waals surface area (Å²) >= 11 is 4.77. The quantitative estimate of drug-likeness (QED) is 0.679. The van der Waals surface area contributed by atoms with Crippen molar-refractivity contribution in [1.82, 2.24) is 10.2 Å². The van der Waals surface area contributed by atoms with Crippen LogP contribution in [0.1, 0.15) is 12.8 Å². The molecular formula is C13H17N3O3S. The summed E-state index contributed by atoms with van der Waals surface area (Å²) in [7, 11) is 0. The van der Waals surface area contributed by atoms with Gasteiger partial charge in [-0.15, -0.1) is 5.10 Å². The van der Waals surface area contributed by atoms with Crippen LogP contribution in [0.2, 0.25) is 0 Å². The molecule has 3 N–H and O–H groups in total. The average molecular weight is 295 g/mol. The number of hydrogen-bond acceptors (Lipinski definition) is 6. The van der Waals surface area contributed by atoms with Gasteiger partial charge in [0, 0.05) is 18.3 Å². The summed E-state index contributed by atoms with van der Waals surface area (Å²) in [5.41, 5.74) is 0.887. The minimum Gasteiger partial charge on any atom is -0.494 e. The van der Waals surface area contributed by atoms with Crippen molar-refractivity contribution in [2.45, 2.75) is 19.4 Å². The SMILES string of the molecule is CCOc1cccc(NCC(O)Cc2n[nH]c(=S)o2)c1. The zero-order chi connectivity index (χ0) is 14.4. The number of aromatic nitrogens is 2. The van der Waals surface area contributed by atoms with E-state index in [9.17, 15) is 5.11 Å². The summed E-state index contributed by atoms with van der Waals surface area (Å²) in [5, 5.41) is 19.4. The van der Waals surface area contributed by atoms with E-state index in [0.717, 1.165) is 11.4 Å². The maximum absolute atomic E-state index is 9.90. The number of nitrogens with one attached hydrogen (secondary N) is 2. The van der Waals surface area contributed by atoms with Gasteiger partial charge in [0.1, 0.15) is 5.75 Å². The number of nitrogens with zero attached hydrogens (tertiary/aromatic N) is 1. The predicted octanol–water partition coefficient (Wildman–Crippen LogP) is 2.15. The first-order valence-electron chi connectivity index (χ1n) is 6.36. The average Bonchev–Trinajstić information content (AvgIpc) is 2.83. The molecular weight excluding hydrogens is 278 g/mol. The van der Waals surface area contributed by atoms with Crippen LogP contribution >= 0.6 is 12.2 Å². The lowest BCUT2D eigenvalue weighted by atomic mass is 10.2. The molecule has 0 amide bonds. The fourth-order valence-corrected chi connectivity index (χ4v) is 1.86. The Kier molecular flexibility index (Phi) is 5.14. The van der Waals surface area contributed by atoms with Gasteiger partial charge in [-0.05, 0) is 31.3 Å². The number of aliphatic hydroxyl groups excluding tert-OH is 1. The molecule has 6 nitrogen and oxygen atoms in total. The second kappa shape index (κ2) is 7.06. The molecule has 7 heteroatoms. The summed E-state index contributed by atoms with van der Waals surface area (Å²) in [6.45, 7) is 2.94. The zero-order valence-corrected chi connectivity index (χ0v) is 11.9. The number of aliphatic hydroxyl groups is 1. The summed E-state index contributed by atoms with van der Waals surface area (Å²) < 4.78 is 10.5. The molecule has 0 saturated heterocycles. The van der Waals surface area contributed by atoms with Crippen LogP contribution in [-0.2, 0) is 6.42 Å². The number of hydrogen-bond donors (Lipinski definition) is 3. The summed E-state index contributed by atoms with van der Waals surface area (Å²) in [6, 6.07) is 7.58. The van der Waals surface area contributed by atoms with Crippen LogP contribution in [0.15, 0.2) is 28.7 Å². The second-order valence-corrected chi connectivity index (χ2v) is 4.58. The topological polar surface area (TPSA) is 83.3 Å². The molecule has 1 atom stereocenters. The Morgan fingerprint density at radius 3 is 3.10 bits per heavy atom. The molecule has 0 bridgehead atoms. The van der Waals surface area contributed by atoms with Gasteiger partial charge in [0.05, 0.1) is 19.1 Å². The maximum Gasteiger partial charge on any atom is 0.284 e. The number of benzene rings is 1. The molecule has 1 aromatic heterocycles. The highest BCUT2D eigenvalue weighted by Gasteiger charge is 2.09. The minimum absolute atomic E-state index is 0.213. The van der Waals surface area contributed by atoms with Crippen molar-refractivity contribution in [2.24, 2.45) is 0 Å². The third kappa shape index (κ3) is 4.36. The van der Waals surface area contributed by atoms with E-state index in [2.05, 4.69) is 15.5 Å². The van der Waals surface area contributed by atoms with E-state index in [-0.39, 0.29) is 4.84 Å². The normalized spacial score (nSPS) is 12.1. The van der Waals surface area contributed by atoms with E-state index >= 15 is 0 Å². The molecule has 1 aromatic carbocycles. The largest absolute Gasteiger partial charge is 0.494 e. The van der Waals surface area contributed by atoms with Crippen molar-refractivity contribution >= 4 is 17.9 Å². The fraction of sp³-hybridized carbons (Fsp3) is 0.385. The molecule has 0 saturated carbocycles. The first kappa shape index (κ1) is 14.5. The van der Waals surface area contributed by atoms with Crippen LogP contribution in [0.25, 0.3) is 0 Å². The van der Waals surface area contributed by atoms with Gasteiger partial charge in [-0.3, -0.25) is 0 Å². The lowest BCUT2D eigenvalue weighted by Crippen LogP contribution is -2.22. The van der Waals surface area contributed by atoms with Gasteiger partial charge in [-0.1, -0.05) is 6.07 Å². The molecule has 2 rings (SSSR count). The van der Waals surface area contributed by atoms with Crippen LogP contribution in [-0.4, -0.2) is 34.6 Å². The molecule has 0 fully saturated rings. The molecule has 0 radical (unpaired) electrons. The first-order chi connectivity index (χ1) is 9.67. The first-order valence-corrected chi connectivity index (χ1v) is 6.77. The molecule has 0 aliphatic rings. The molecule has 1 unspecified atom stereocenters. The zero-order valence-electron chi connectivity index (χ0n) is 11.1. The van der Waals surface area contributed by atoms with E-state index in [1.165, 1.54) is 0 Å². The van der Waals surface area contributed by atoms with Gasteiger partial charge in [0.25, 0.3) is 4.84 Å². The van der Waals surface area contributed by atoms with Crippen molar-refractivity contribution in [3.63, 3.8) is 0 Å². The number of rotatable bonds is 7. The lowest BCUT2D eigenvalue weighted by Gasteiger charge is -2.12. The number of H-pyrrole nitrogens is 1. The van der Waals surface area contributed by atoms with E-state index in [0.29, 0.717) is 25.5 Å². The van der Waals surface area contributed by atoms with Crippen molar-refractivity contribution in [3.05, 3.63) is 35.0 Å². The van der Waals surface area contributed by atoms with Crippen LogP contribution in [0.4, 0.5) is 5.69 Å². The summed E-state index contributed by atoms with van der Waals surface area (Å²) in [5.74, 6) is 1.19. The van der Waals surface area contributed by atoms with Crippen LogP contribution in [0.5, 0.6) is 5.75 Å². The monoisotopic (exact) mass is 295 g/mol. The summed E-state index contributed by atoms with van der Waals surface area (Å²) in [6.07, 6.45) is -0.321. The Bertz CT molecular complexity index is 596. The Morgan fingerprint density at radius 2 is 2.40 bits per heavy atom. The number of anilines is 1. The van der Waals surface area contributed by atoms with Crippen molar-refractivity contribution in [2.75, 3.05) is 18.5 Å². The third-order valence-corrected chi connectivity index (χ3v) is 2.75. The van der Waals surface area contributed by atoms with Crippen LogP contribution in [0, 0.1) is 4.84 Å². The number of ether oxygens (including phenoxy) is 1. The van der Waals surface area contributed by atoms with Gasteiger partial charge >= 0.3 is 0 Å². The maximum atomic E-state index is 9.90. The molecule has 20 heavy (non-hydrogen) atoms. The third-order valence-electron chi connectivity index (χ3n) is 2.58. The number of aromatic amines is 1. The second-order valence-electron chi connectivity index (χ2n) is 4.21. The molecule has 0 spiro atoms. The van der Waals surface area contributed by atoms with Gasteiger partial charge in [-0.2, -0.15) is 0 Å².